The summed E-state index contributed by atoms with van der Waals surface area (Å²) < 4.78 is 0. The number of fused-ring (bicyclic) bond motifs is 1. The van der Waals surface area contributed by atoms with Gasteiger partial charge < -0.3 is 10.6 Å². The maximum Gasteiger partial charge on any atom is 0.224 e. The molecule has 0 saturated carbocycles. The van der Waals surface area contributed by atoms with Crippen molar-refractivity contribution in [3.05, 3.63) is 29.3 Å². The highest BCUT2D eigenvalue weighted by Crippen LogP contribution is 2.23. The number of nitrogens with one attached hydrogen (secondary N) is 2. The molecule has 1 amide bonds. The Morgan fingerprint density at radius 3 is 3.11 bits per heavy atom. The Morgan fingerprint density at radius 2 is 2.28 bits per heavy atom. The zero-order valence-corrected chi connectivity index (χ0v) is 11.1. The molecule has 1 aliphatic rings. The Kier molecular flexibility index (Phi) is 4.76. The van der Waals surface area contributed by atoms with Crippen LogP contribution in [0.2, 0.25) is 0 Å². The fourth-order valence-electron chi connectivity index (χ4n) is 2.38. The van der Waals surface area contributed by atoms with Gasteiger partial charge in [-0.1, -0.05) is 31.9 Å². The van der Waals surface area contributed by atoms with Gasteiger partial charge >= 0.3 is 0 Å². The molecule has 2 N–H and O–H groups in total. The molecule has 0 unspecified atom stereocenters. The van der Waals surface area contributed by atoms with Crippen molar-refractivity contribution in [3.63, 3.8) is 0 Å². The average molecular weight is 246 g/mol. The van der Waals surface area contributed by atoms with Gasteiger partial charge in [0.1, 0.15) is 0 Å². The molecule has 0 aromatic heterocycles. The molecule has 98 valence electrons. The van der Waals surface area contributed by atoms with Gasteiger partial charge in [-0.25, -0.2) is 0 Å². The van der Waals surface area contributed by atoms with Crippen molar-refractivity contribution < 1.29 is 4.79 Å². The predicted molar refractivity (Wildman–Crippen MR) is 74.6 cm³/mol. The summed E-state index contributed by atoms with van der Waals surface area (Å²) in [6, 6.07) is 6.19. The van der Waals surface area contributed by atoms with E-state index in [-0.39, 0.29) is 5.91 Å². The number of unbranched alkanes of at least 4 members (excludes halogenated alkanes) is 2. The lowest BCUT2D eigenvalue weighted by Crippen LogP contribution is -2.25. The molecule has 1 aromatic rings. The Labute approximate surface area is 109 Å². The van der Waals surface area contributed by atoms with E-state index in [4.69, 9.17) is 0 Å². The minimum atomic E-state index is 0.141. The maximum absolute atomic E-state index is 11.8. The number of amides is 1. The van der Waals surface area contributed by atoms with E-state index >= 15 is 0 Å². The number of anilines is 1. The van der Waals surface area contributed by atoms with Gasteiger partial charge in [0.15, 0.2) is 0 Å². The number of hydrogen-bond donors (Lipinski definition) is 2. The number of carbonyl (C=O) groups excluding carboxylic acids is 1. The van der Waals surface area contributed by atoms with Crippen LogP contribution in [0.4, 0.5) is 5.69 Å². The molecule has 18 heavy (non-hydrogen) atoms. The summed E-state index contributed by atoms with van der Waals surface area (Å²) in [5, 5.41) is 6.41. The molecule has 3 nitrogen and oxygen atoms in total. The van der Waals surface area contributed by atoms with Crippen molar-refractivity contribution in [1.82, 2.24) is 5.32 Å². The number of rotatable bonds is 5. The van der Waals surface area contributed by atoms with E-state index in [2.05, 4.69) is 23.6 Å². The third-order valence-electron chi connectivity index (χ3n) is 3.43. The van der Waals surface area contributed by atoms with Gasteiger partial charge in [0.05, 0.1) is 0 Å². The van der Waals surface area contributed by atoms with Crippen LogP contribution >= 0.6 is 0 Å². The van der Waals surface area contributed by atoms with Crippen LogP contribution in [0.5, 0.6) is 0 Å². The van der Waals surface area contributed by atoms with Gasteiger partial charge in [-0.2, -0.15) is 0 Å². The smallest absolute Gasteiger partial charge is 0.224 e. The first kappa shape index (κ1) is 13.1. The molecule has 1 aromatic carbocycles. The van der Waals surface area contributed by atoms with Gasteiger partial charge in [0.25, 0.3) is 0 Å². The summed E-state index contributed by atoms with van der Waals surface area (Å²) in [4.78, 5) is 11.8. The summed E-state index contributed by atoms with van der Waals surface area (Å²) in [6.07, 6.45) is 4.94. The Morgan fingerprint density at radius 1 is 1.39 bits per heavy atom. The maximum atomic E-state index is 11.8. The topological polar surface area (TPSA) is 41.1 Å². The third kappa shape index (κ3) is 3.33. The molecule has 0 atom stereocenters. The lowest BCUT2D eigenvalue weighted by atomic mass is 9.99. The van der Waals surface area contributed by atoms with Crippen LogP contribution in [-0.2, 0) is 17.8 Å². The third-order valence-corrected chi connectivity index (χ3v) is 3.43. The van der Waals surface area contributed by atoms with E-state index < -0.39 is 0 Å². The molecule has 3 heteroatoms. The van der Waals surface area contributed by atoms with Gasteiger partial charge in [0.2, 0.25) is 5.91 Å². The Balaban J connectivity index is 1.98. The fourth-order valence-corrected chi connectivity index (χ4v) is 2.38. The standard InChI is InChI=1S/C15H22N2O/c1-2-3-4-8-15(18)17-14-7-5-6-12-9-10-16-11-13(12)14/h5-7,16H,2-4,8-11H2,1H3,(H,17,18). The van der Waals surface area contributed by atoms with Crippen LogP contribution in [0.1, 0.15) is 43.7 Å². The highest BCUT2D eigenvalue weighted by atomic mass is 16.1. The minimum Gasteiger partial charge on any atom is -0.326 e. The molecule has 0 fully saturated rings. The fraction of sp³-hybridized carbons (Fsp3) is 0.533. The van der Waals surface area contributed by atoms with Crippen LogP contribution in [0.15, 0.2) is 18.2 Å². The van der Waals surface area contributed by atoms with Crippen molar-refractivity contribution in [1.29, 1.82) is 0 Å². The van der Waals surface area contributed by atoms with E-state index in [0.717, 1.165) is 44.5 Å². The lowest BCUT2D eigenvalue weighted by Gasteiger charge is -2.20. The largest absolute Gasteiger partial charge is 0.326 e. The van der Waals surface area contributed by atoms with E-state index in [1.807, 2.05) is 12.1 Å². The second-order valence-electron chi connectivity index (χ2n) is 4.88. The highest BCUT2D eigenvalue weighted by Gasteiger charge is 2.13. The zero-order chi connectivity index (χ0) is 12.8. The van der Waals surface area contributed by atoms with E-state index in [1.165, 1.54) is 11.1 Å². The number of hydrogen-bond acceptors (Lipinski definition) is 2. The Bertz CT molecular complexity index is 415. The summed E-state index contributed by atoms with van der Waals surface area (Å²) in [6.45, 7) is 4.04. The Hall–Kier alpha value is -1.35. The van der Waals surface area contributed by atoms with E-state index in [9.17, 15) is 4.79 Å². The molecule has 0 bridgehead atoms. The molecule has 1 aliphatic heterocycles. The van der Waals surface area contributed by atoms with Gasteiger partial charge in [-0.05, 0) is 36.6 Å². The monoisotopic (exact) mass is 246 g/mol. The molecule has 0 spiro atoms. The average Bonchev–Trinajstić information content (AvgIpc) is 2.39. The van der Waals surface area contributed by atoms with Gasteiger partial charge in [0, 0.05) is 18.7 Å². The molecule has 0 saturated heterocycles. The summed E-state index contributed by atoms with van der Waals surface area (Å²) in [5.74, 6) is 0.141. The summed E-state index contributed by atoms with van der Waals surface area (Å²) >= 11 is 0. The van der Waals surface area contributed by atoms with Crippen LogP contribution in [0.25, 0.3) is 0 Å². The highest BCUT2D eigenvalue weighted by molar-refractivity contribution is 5.91. The number of benzene rings is 1. The van der Waals surface area contributed by atoms with Crippen molar-refractivity contribution >= 4 is 11.6 Å². The molecule has 0 radical (unpaired) electrons. The first-order valence-corrected chi connectivity index (χ1v) is 6.92. The summed E-state index contributed by atoms with van der Waals surface area (Å²) in [5.41, 5.74) is 3.61. The van der Waals surface area contributed by atoms with Crippen LogP contribution in [-0.4, -0.2) is 12.5 Å². The van der Waals surface area contributed by atoms with Crippen LogP contribution < -0.4 is 10.6 Å². The quantitative estimate of drug-likeness (QED) is 0.784. The molecular formula is C15H22N2O. The molecule has 1 heterocycles. The summed E-state index contributed by atoms with van der Waals surface area (Å²) in [7, 11) is 0. The van der Waals surface area contributed by atoms with Crippen LogP contribution in [0, 0.1) is 0 Å². The molecule has 0 aliphatic carbocycles. The first-order chi connectivity index (χ1) is 8.81. The van der Waals surface area contributed by atoms with Crippen molar-refractivity contribution in [2.45, 2.75) is 45.6 Å². The minimum absolute atomic E-state index is 0.141. The second-order valence-corrected chi connectivity index (χ2v) is 4.88. The first-order valence-electron chi connectivity index (χ1n) is 6.92. The molecule has 2 rings (SSSR count). The van der Waals surface area contributed by atoms with E-state index in [1.54, 1.807) is 0 Å². The SMILES string of the molecule is CCCCCC(=O)Nc1cccc2c1CNCC2. The molecular weight excluding hydrogens is 224 g/mol. The van der Waals surface area contributed by atoms with Gasteiger partial charge in [-0.3, -0.25) is 4.79 Å². The van der Waals surface area contributed by atoms with Crippen molar-refractivity contribution in [2.75, 3.05) is 11.9 Å². The van der Waals surface area contributed by atoms with Crippen molar-refractivity contribution in [2.24, 2.45) is 0 Å². The zero-order valence-electron chi connectivity index (χ0n) is 11.1. The lowest BCUT2D eigenvalue weighted by molar-refractivity contribution is -0.116. The number of carbonyl (C=O) groups is 1. The van der Waals surface area contributed by atoms with Gasteiger partial charge in [-0.15, -0.1) is 0 Å². The van der Waals surface area contributed by atoms with E-state index in [0.29, 0.717) is 6.42 Å². The second kappa shape index (κ2) is 6.55. The van der Waals surface area contributed by atoms with Crippen molar-refractivity contribution in [3.8, 4) is 0 Å². The van der Waals surface area contributed by atoms with Crippen LogP contribution in [0.3, 0.4) is 0 Å². The predicted octanol–water partition coefficient (Wildman–Crippen LogP) is 2.85. The normalized spacial score (nSPS) is 14.1.